The fourth-order valence-corrected chi connectivity index (χ4v) is 4.22. The lowest BCUT2D eigenvalue weighted by molar-refractivity contribution is 0.180. The smallest absolute Gasteiger partial charge is 0.243 e. The van der Waals surface area contributed by atoms with Crippen LogP contribution < -0.4 is 5.73 Å². The second-order valence-electron chi connectivity index (χ2n) is 4.87. The van der Waals surface area contributed by atoms with Gasteiger partial charge in [-0.05, 0) is 37.5 Å². The molecular formula is C14H24N2O3S. The third-order valence-electron chi connectivity index (χ3n) is 3.46. The molecule has 0 aliphatic rings. The van der Waals surface area contributed by atoms with Crippen molar-refractivity contribution < 1.29 is 13.2 Å². The number of hydrogen-bond donors (Lipinski definition) is 1. The number of rotatable bonds is 6. The molecule has 0 unspecified atom stereocenters. The summed E-state index contributed by atoms with van der Waals surface area (Å²) >= 11 is 0. The van der Waals surface area contributed by atoms with Gasteiger partial charge in [-0.15, -0.1) is 0 Å². The monoisotopic (exact) mass is 300 g/mol. The Bertz CT molecular complexity index is 583. The van der Waals surface area contributed by atoms with Crippen molar-refractivity contribution in [3.8, 4) is 0 Å². The second-order valence-corrected chi connectivity index (χ2v) is 6.74. The van der Waals surface area contributed by atoms with Gasteiger partial charge in [0.15, 0.2) is 0 Å². The second kappa shape index (κ2) is 6.56. The quantitative estimate of drug-likeness (QED) is 0.814. The van der Waals surface area contributed by atoms with E-state index in [1.165, 1.54) is 4.31 Å². The number of sulfonamides is 1. The highest BCUT2D eigenvalue weighted by Crippen LogP contribution is 2.30. The summed E-state index contributed by atoms with van der Waals surface area (Å²) in [7, 11) is -1.99. The Labute approximate surface area is 121 Å². The van der Waals surface area contributed by atoms with Gasteiger partial charge in [-0.2, -0.15) is 4.31 Å². The number of methoxy groups -OCH3 is 1. The van der Waals surface area contributed by atoms with Crippen molar-refractivity contribution in [2.45, 2.75) is 32.6 Å². The Morgan fingerprint density at radius 1 is 1.25 bits per heavy atom. The minimum absolute atomic E-state index is 0.318. The summed E-state index contributed by atoms with van der Waals surface area (Å²) in [5.74, 6) is 0. The molecule has 0 aromatic heterocycles. The number of aryl methyl sites for hydroxylation is 2. The summed E-state index contributed by atoms with van der Waals surface area (Å²) in [5.41, 5.74) is 8.77. The molecule has 1 aromatic rings. The summed E-state index contributed by atoms with van der Waals surface area (Å²) in [4.78, 5) is 0.318. The molecule has 5 nitrogen and oxygen atoms in total. The third-order valence-corrected chi connectivity index (χ3v) is 5.72. The lowest BCUT2D eigenvalue weighted by atomic mass is 10.1. The first kappa shape index (κ1) is 16.9. The van der Waals surface area contributed by atoms with Crippen molar-refractivity contribution in [1.82, 2.24) is 4.31 Å². The highest BCUT2D eigenvalue weighted by atomic mass is 32.2. The summed E-state index contributed by atoms with van der Waals surface area (Å²) in [5, 5.41) is 0. The topological polar surface area (TPSA) is 72.6 Å². The Balaban J connectivity index is 3.38. The molecule has 0 radical (unpaired) electrons. The molecule has 0 saturated heterocycles. The molecule has 0 amide bonds. The lowest BCUT2D eigenvalue weighted by Crippen LogP contribution is -2.34. The van der Waals surface area contributed by atoms with E-state index in [1.54, 1.807) is 21.0 Å². The average molecular weight is 300 g/mol. The highest BCUT2D eigenvalue weighted by Gasteiger charge is 2.27. The number of ether oxygens (including phenoxy) is 1. The van der Waals surface area contributed by atoms with Crippen LogP contribution in [0, 0.1) is 20.8 Å². The van der Waals surface area contributed by atoms with Crippen LogP contribution in [0.4, 0.5) is 5.69 Å². The average Bonchev–Trinajstić information content (AvgIpc) is 2.36. The van der Waals surface area contributed by atoms with Gasteiger partial charge in [0.1, 0.15) is 0 Å². The molecule has 0 spiro atoms. The van der Waals surface area contributed by atoms with Crippen molar-refractivity contribution in [2.75, 3.05) is 32.5 Å². The van der Waals surface area contributed by atoms with Crippen LogP contribution in [0.15, 0.2) is 11.0 Å². The number of likely N-dealkylation sites (N-methyl/N-ethyl adjacent to an activating group) is 1. The van der Waals surface area contributed by atoms with Crippen LogP contribution in [0.2, 0.25) is 0 Å². The lowest BCUT2D eigenvalue weighted by Gasteiger charge is -2.23. The largest absolute Gasteiger partial charge is 0.398 e. The molecule has 1 rings (SSSR count). The molecule has 114 valence electrons. The maximum atomic E-state index is 12.8. The van der Waals surface area contributed by atoms with Crippen LogP contribution in [-0.4, -0.2) is 39.5 Å². The standard InChI is InChI=1S/C14H24N2O3S/c1-6-16(7-8-19-5)20(17,18)14-11(3)9-10(2)13(15)12(14)4/h9H,6-8,15H2,1-5H3. The maximum Gasteiger partial charge on any atom is 0.243 e. The van der Waals surface area contributed by atoms with E-state index in [-0.39, 0.29) is 0 Å². The first-order chi connectivity index (χ1) is 9.27. The predicted octanol–water partition coefficient (Wildman–Crippen LogP) is 1.85. The van der Waals surface area contributed by atoms with Gasteiger partial charge in [-0.1, -0.05) is 13.0 Å². The zero-order chi connectivity index (χ0) is 15.5. The summed E-state index contributed by atoms with van der Waals surface area (Å²) in [6, 6.07) is 1.82. The molecule has 6 heteroatoms. The van der Waals surface area contributed by atoms with Crippen LogP contribution >= 0.6 is 0 Å². The Kier molecular flexibility index (Phi) is 5.56. The normalized spacial score (nSPS) is 12.1. The third kappa shape index (κ3) is 3.13. The molecule has 0 saturated carbocycles. The van der Waals surface area contributed by atoms with Gasteiger partial charge in [0.05, 0.1) is 11.5 Å². The van der Waals surface area contributed by atoms with E-state index >= 15 is 0 Å². The summed E-state index contributed by atoms with van der Waals surface area (Å²) in [6.07, 6.45) is 0. The molecule has 0 aliphatic heterocycles. The van der Waals surface area contributed by atoms with E-state index in [0.29, 0.717) is 35.8 Å². The van der Waals surface area contributed by atoms with Crippen molar-refractivity contribution in [2.24, 2.45) is 0 Å². The van der Waals surface area contributed by atoms with E-state index in [1.807, 2.05) is 19.9 Å². The van der Waals surface area contributed by atoms with Gasteiger partial charge in [0.2, 0.25) is 10.0 Å². The molecule has 0 bridgehead atoms. The molecule has 0 aliphatic carbocycles. The number of nitrogen functional groups attached to an aromatic ring is 1. The number of anilines is 1. The van der Waals surface area contributed by atoms with Gasteiger partial charge < -0.3 is 10.5 Å². The fourth-order valence-electron chi connectivity index (χ4n) is 2.35. The first-order valence-electron chi connectivity index (χ1n) is 6.62. The van der Waals surface area contributed by atoms with Gasteiger partial charge in [0.25, 0.3) is 0 Å². The van der Waals surface area contributed by atoms with Gasteiger partial charge in [0, 0.05) is 25.9 Å². The first-order valence-corrected chi connectivity index (χ1v) is 8.06. The molecule has 0 atom stereocenters. The molecule has 0 fully saturated rings. The highest BCUT2D eigenvalue weighted by molar-refractivity contribution is 7.89. The summed E-state index contributed by atoms with van der Waals surface area (Å²) in [6.45, 7) is 8.36. The van der Waals surface area contributed by atoms with E-state index in [2.05, 4.69) is 0 Å². The Hall–Kier alpha value is -1.11. The minimum Gasteiger partial charge on any atom is -0.398 e. The molecule has 2 N–H and O–H groups in total. The molecular weight excluding hydrogens is 276 g/mol. The molecule has 20 heavy (non-hydrogen) atoms. The minimum atomic E-state index is -3.55. The van der Waals surface area contributed by atoms with Crippen LogP contribution in [0.3, 0.4) is 0 Å². The van der Waals surface area contributed by atoms with Crippen LogP contribution in [-0.2, 0) is 14.8 Å². The number of hydrogen-bond acceptors (Lipinski definition) is 4. The van der Waals surface area contributed by atoms with Crippen molar-refractivity contribution in [1.29, 1.82) is 0 Å². The zero-order valence-corrected chi connectivity index (χ0v) is 13.7. The van der Waals surface area contributed by atoms with Gasteiger partial charge in [-0.3, -0.25) is 0 Å². The fraction of sp³-hybridized carbons (Fsp3) is 0.571. The Morgan fingerprint density at radius 2 is 1.85 bits per heavy atom. The van der Waals surface area contributed by atoms with Crippen LogP contribution in [0.5, 0.6) is 0 Å². The van der Waals surface area contributed by atoms with Gasteiger partial charge in [-0.25, -0.2) is 8.42 Å². The van der Waals surface area contributed by atoms with Crippen molar-refractivity contribution in [3.63, 3.8) is 0 Å². The SMILES string of the molecule is CCN(CCOC)S(=O)(=O)c1c(C)cc(C)c(N)c1C. The summed E-state index contributed by atoms with van der Waals surface area (Å²) < 4.78 is 32.0. The van der Waals surface area contributed by atoms with Crippen LogP contribution in [0.25, 0.3) is 0 Å². The zero-order valence-electron chi connectivity index (χ0n) is 12.9. The van der Waals surface area contributed by atoms with Gasteiger partial charge >= 0.3 is 0 Å². The van der Waals surface area contributed by atoms with Crippen LogP contribution in [0.1, 0.15) is 23.6 Å². The Morgan fingerprint density at radius 3 is 2.35 bits per heavy atom. The van der Waals surface area contributed by atoms with E-state index < -0.39 is 10.0 Å². The predicted molar refractivity (Wildman–Crippen MR) is 81.4 cm³/mol. The van der Waals surface area contributed by atoms with E-state index in [4.69, 9.17) is 10.5 Å². The van der Waals surface area contributed by atoms with Crippen molar-refractivity contribution >= 4 is 15.7 Å². The molecule has 0 heterocycles. The molecule has 1 aromatic carbocycles. The van der Waals surface area contributed by atoms with E-state index in [9.17, 15) is 8.42 Å². The number of nitrogens with zero attached hydrogens (tertiary/aromatic N) is 1. The number of nitrogens with two attached hydrogens (primary N) is 1. The maximum absolute atomic E-state index is 12.8. The number of benzene rings is 1. The van der Waals surface area contributed by atoms with E-state index in [0.717, 1.165) is 11.1 Å². The van der Waals surface area contributed by atoms with Crippen molar-refractivity contribution in [3.05, 3.63) is 22.8 Å².